The molecule has 23 heavy (non-hydrogen) atoms. The van der Waals surface area contributed by atoms with Gasteiger partial charge in [0.25, 0.3) is 0 Å². The molecule has 6 nitrogen and oxygen atoms in total. The summed E-state index contributed by atoms with van der Waals surface area (Å²) in [5.74, 6) is 0.933. The molecule has 0 saturated carbocycles. The lowest BCUT2D eigenvalue weighted by molar-refractivity contribution is -0.115. The average molecular weight is 351 g/mol. The molecule has 0 spiro atoms. The van der Waals surface area contributed by atoms with Crippen molar-refractivity contribution in [3.05, 3.63) is 35.0 Å². The summed E-state index contributed by atoms with van der Waals surface area (Å²) in [5.41, 5.74) is 1.67. The van der Waals surface area contributed by atoms with Gasteiger partial charge in [-0.15, -0.1) is 0 Å². The van der Waals surface area contributed by atoms with Crippen molar-refractivity contribution < 1.29 is 9.32 Å². The molecule has 1 atom stereocenters. The number of nitrogens with one attached hydrogen (secondary N) is 2. The first-order valence-corrected chi connectivity index (χ1v) is 8.37. The Labute approximate surface area is 142 Å². The molecule has 120 valence electrons. The number of carbonyl (C=O) groups excluding carboxylic acids is 1. The molecule has 0 radical (unpaired) electrons. The largest absolute Gasteiger partial charge is 0.360 e. The highest BCUT2D eigenvalue weighted by Gasteiger charge is 2.21. The van der Waals surface area contributed by atoms with Crippen molar-refractivity contribution in [2.24, 2.45) is 0 Å². The zero-order chi connectivity index (χ0) is 16.4. The van der Waals surface area contributed by atoms with Crippen LogP contribution in [-0.4, -0.2) is 26.3 Å². The summed E-state index contributed by atoms with van der Waals surface area (Å²) in [6.45, 7) is 3.72. The van der Waals surface area contributed by atoms with Gasteiger partial charge in [0.15, 0.2) is 11.0 Å². The van der Waals surface area contributed by atoms with Crippen LogP contribution in [0, 0.1) is 6.92 Å². The molecule has 1 aromatic carbocycles. The molecule has 0 aliphatic heterocycles. The molecule has 8 heteroatoms. The van der Waals surface area contributed by atoms with Gasteiger partial charge in [0.05, 0.1) is 16.3 Å². The summed E-state index contributed by atoms with van der Waals surface area (Å²) in [6.07, 6.45) is 0.658. The van der Waals surface area contributed by atoms with Gasteiger partial charge in [0.1, 0.15) is 5.76 Å². The molecule has 1 unspecified atom stereocenters. The van der Waals surface area contributed by atoms with Crippen molar-refractivity contribution in [1.29, 1.82) is 0 Å². The van der Waals surface area contributed by atoms with Crippen LogP contribution in [0.5, 0.6) is 0 Å². The lowest BCUT2D eigenvalue weighted by Gasteiger charge is -2.11. The smallest absolute Gasteiger partial charge is 0.239 e. The maximum Gasteiger partial charge on any atom is 0.239 e. The Hall–Kier alpha value is -1.99. The van der Waals surface area contributed by atoms with E-state index in [1.807, 2.05) is 19.1 Å². The third-order valence-electron chi connectivity index (χ3n) is 3.22. The molecule has 0 fully saturated rings. The number of hydrogen-bond donors (Lipinski definition) is 2. The predicted molar refractivity (Wildman–Crippen MR) is 90.9 cm³/mol. The highest BCUT2D eigenvalue weighted by Crippen LogP contribution is 2.27. The second-order valence-corrected chi connectivity index (χ2v) is 6.66. The molecule has 3 rings (SSSR count). The second kappa shape index (κ2) is 6.64. The van der Waals surface area contributed by atoms with Gasteiger partial charge in [-0.05, 0) is 31.5 Å². The van der Waals surface area contributed by atoms with Crippen molar-refractivity contribution in [1.82, 2.24) is 15.1 Å². The summed E-state index contributed by atoms with van der Waals surface area (Å²) in [6, 6.07) is 7.12. The Kier molecular flexibility index (Phi) is 4.58. The molecule has 2 aromatic heterocycles. The van der Waals surface area contributed by atoms with Crippen LogP contribution in [0.1, 0.15) is 19.1 Å². The van der Waals surface area contributed by atoms with Crippen LogP contribution in [0.4, 0.5) is 5.82 Å². The Morgan fingerprint density at radius 3 is 3.00 bits per heavy atom. The molecule has 3 aromatic rings. The van der Waals surface area contributed by atoms with E-state index in [0.717, 1.165) is 11.0 Å². The average Bonchev–Trinajstić information content (AvgIpc) is 3.09. The molecule has 0 aliphatic carbocycles. The summed E-state index contributed by atoms with van der Waals surface area (Å²) in [7, 11) is 0. The Bertz CT molecular complexity index is 845. The minimum absolute atomic E-state index is 0.135. The quantitative estimate of drug-likeness (QED) is 0.679. The van der Waals surface area contributed by atoms with E-state index >= 15 is 0 Å². The van der Waals surface area contributed by atoms with Crippen LogP contribution < -0.4 is 5.32 Å². The van der Waals surface area contributed by atoms with Gasteiger partial charge in [-0.2, -0.15) is 0 Å². The number of hydrogen-bond acceptors (Lipinski definition) is 5. The fourth-order valence-electron chi connectivity index (χ4n) is 2.10. The van der Waals surface area contributed by atoms with Gasteiger partial charge >= 0.3 is 0 Å². The Balaban J connectivity index is 1.73. The van der Waals surface area contributed by atoms with E-state index in [4.69, 9.17) is 16.1 Å². The first-order valence-electron chi connectivity index (χ1n) is 7.11. The standard InChI is InChI=1S/C15H15ClN4O2S/c1-3-12(14(21)19-13-6-8(2)22-20-13)23-15-17-10-5-4-9(16)7-11(10)18-15/h4-7,12H,3H2,1-2H3,(H,17,18)(H,19,20,21). The normalized spacial score (nSPS) is 12.5. The zero-order valence-corrected chi connectivity index (χ0v) is 14.2. The van der Waals surface area contributed by atoms with Crippen LogP contribution in [-0.2, 0) is 4.79 Å². The number of nitrogens with zero attached hydrogens (tertiary/aromatic N) is 2. The number of thioether (sulfide) groups is 1. The number of imidazole rings is 1. The third-order valence-corrected chi connectivity index (χ3v) is 4.70. The lowest BCUT2D eigenvalue weighted by atomic mass is 10.3. The molecular weight excluding hydrogens is 336 g/mol. The van der Waals surface area contributed by atoms with Crippen molar-refractivity contribution in [3.63, 3.8) is 0 Å². The summed E-state index contributed by atoms with van der Waals surface area (Å²) in [4.78, 5) is 20.0. The van der Waals surface area contributed by atoms with Crippen molar-refractivity contribution in [2.45, 2.75) is 30.7 Å². The number of anilines is 1. The number of rotatable bonds is 5. The highest BCUT2D eigenvalue weighted by atomic mass is 35.5. The monoisotopic (exact) mass is 350 g/mol. The third kappa shape index (κ3) is 3.68. The van der Waals surface area contributed by atoms with Crippen LogP contribution >= 0.6 is 23.4 Å². The number of benzene rings is 1. The maximum absolute atomic E-state index is 12.4. The van der Waals surface area contributed by atoms with Crippen molar-refractivity contribution in [3.8, 4) is 0 Å². The first-order chi connectivity index (χ1) is 11.0. The van der Waals surface area contributed by atoms with E-state index in [9.17, 15) is 4.79 Å². The topological polar surface area (TPSA) is 83.8 Å². The maximum atomic E-state index is 12.4. The SMILES string of the molecule is CCC(Sc1nc2ccc(Cl)cc2[nH]1)C(=O)Nc1cc(C)on1. The van der Waals surface area contributed by atoms with Gasteiger partial charge in [0, 0.05) is 11.1 Å². The highest BCUT2D eigenvalue weighted by molar-refractivity contribution is 8.00. The summed E-state index contributed by atoms with van der Waals surface area (Å²) >= 11 is 7.34. The van der Waals surface area contributed by atoms with E-state index in [1.54, 1.807) is 19.1 Å². The first kappa shape index (κ1) is 15.9. The van der Waals surface area contributed by atoms with Crippen molar-refractivity contribution >= 4 is 46.1 Å². The van der Waals surface area contributed by atoms with Crippen molar-refractivity contribution in [2.75, 3.05) is 5.32 Å². The van der Waals surface area contributed by atoms with Crippen LogP contribution in [0.15, 0.2) is 33.9 Å². The minimum Gasteiger partial charge on any atom is -0.360 e. The van der Waals surface area contributed by atoms with Gasteiger partial charge in [0.2, 0.25) is 5.91 Å². The van der Waals surface area contributed by atoms with E-state index in [0.29, 0.717) is 28.2 Å². The van der Waals surface area contributed by atoms with E-state index in [-0.39, 0.29) is 11.2 Å². The fourth-order valence-corrected chi connectivity index (χ4v) is 3.20. The molecule has 2 N–H and O–H groups in total. The lowest BCUT2D eigenvalue weighted by Crippen LogP contribution is -2.24. The van der Waals surface area contributed by atoms with Gasteiger partial charge in [-0.25, -0.2) is 4.98 Å². The summed E-state index contributed by atoms with van der Waals surface area (Å²) in [5, 5.41) is 7.55. The van der Waals surface area contributed by atoms with Gasteiger partial charge in [-0.1, -0.05) is 35.4 Å². The van der Waals surface area contributed by atoms with E-state index < -0.39 is 0 Å². The number of aryl methyl sites for hydroxylation is 1. The molecule has 0 saturated heterocycles. The number of H-pyrrole nitrogens is 1. The molecule has 0 bridgehead atoms. The van der Waals surface area contributed by atoms with Gasteiger partial charge < -0.3 is 14.8 Å². The number of amides is 1. The number of aromatic amines is 1. The molecule has 2 heterocycles. The minimum atomic E-state index is -0.289. The molecule has 0 aliphatic rings. The predicted octanol–water partition coefficient (Wildman–Crippen LogP) is 4.02. The zero-order valence-electron chi connectivity index (χ0n) is 12.6. The second-order valence-electron chi connectivity index (χ2n) is 5.03. The van der Waals surface area contributed by atoms with Crippen LogP contribution in [0.2, 0.25) is 5.02 Å². The fraction of sp³-hybridized carbons (Fsp3) is 0.267. The number of aromatic nitrogens is 3. The number of fused-ring (bicyclic) bond motifs is 1. The van der Waals surface area contributed by atoms with Crippen LogP contribution in [0.25, 0.3) is 11.0 Å². The number of carbonyl (C=O) groups is 1. The Morgan fingerprint density at radius 2 is 2.30 bits per heavy atom. The number of halogens is 1. The van der Waals surface area contributed by atoms with Crippen LogP contribution in [0.3, 0.4) is 0 Å². The van der Waals surface area contributed by atoms with E-state index in [1.165, 1.54) is 11.8 Å². The molecular formula is C15H15ClN4O2S. The van der Waals surface area contributed by atoms with Gasteiger partial charge in [-0.3, -0.25) is 4.79 Å². The Morgan fingerprint density at radius 1 is 1.48 bits per heavy atom. The molecule has 1 amide bonds. The summed E-state index contributed by atoms with van der Waals surface area (Å²) < 4.78 is 4.95. The van der Waals surface area contributed by atoms with E-state index in [2.05, 4.69) is 20.4 Å².